The molecule has 2 aromatic carbocycles. The zero-order valence-electron chi connectivity index (χ0n) is 19.9. The number of rotatable bonds is 7. The number of aryl methyl sites for hydroxylation is 1. The standard InChI is InChI=1S/C27H22F3N5O2/c1-17-14-19(22-8-3-4-12-32-22)9-10-24(17)35-13-11-25(36)26(34-35)23(15-18(2)31)33-20-6-5-7-21(16-20)37-27(28,29)30/h3-16,31,33H,1-2H3/b23-15-,31-18?. The molecule has 0 saturated heterocycles. The van der Waals surface area contributed by atoms with Crippen LogP contribution in [0.15, 0.2) is 90.0 Å². The summed E-state index contributed by atoms with van der Waals surface area (Å²) in [5, 5.41) is 15.3. The molecular formula is C27H22F3N5O2. The van der Waals surface area contributed by atoms with Crippen molar-refractivity contribution in [2.24, 2.45) is 0 Å². The van der Waals surface area contributed by atoms with Gasteiger partial charge in [0, 0.05) is 41.5 Å². The molecule has 0 aliphatic rings. The van der Waals surface area contributed by atoms with Gasteiger partial charge in [-0.05, 0) is 61.9 Å². The van der Waals surface area contributed by atoms with Crippen molar-refractivity contribution in [3.63, 3.8) is 0 Å². The van der Waals surface area contributed by atoms with Crippen molar-refractivity contribution in [1.29, 1.82) is 5.41 Å². The lowest BCUT2D eigenvalue weighted by molar-refractivity contribution is -0.274. The number of pyridine rings is 1. The minimum Gasteiger partial charge on any atom is -0.406 e. The van der Waals surface area contributed by atoms with E-state index in [1.54, 1.807) is 6.20 Å². The first-order chi connectivity index (χ1) is 17.6. The number of halogens is 3. The average molecular weight is 506 g/mol. The van der Waals surface area contributed by atoms with E-state index < -0.39 is 17.5 Å². The highest BCUT2D eigenvalue weighted by Gasteiger charge is 2.31. The molecule has 0 bridgehead atoms. The van der Waals surface area contributed by atoms with Crippen LogP contribution in [-0.4, -0.2) is 26.8 Å². The summed E-state index contributed by atoms with van der Waals surface area (Å²) < 4.78 is 43.4. The lowest BCUT2D eigenvalue weighted by Gasteiger charge is -2.15. The Morgan fingerprint density at radius 2 is 1.89 bits per heavy atom. The Labute approximate surface area is 210 Å². The predicted molar refractivity (Wildman–Crippen MR) is 136 cm³/mol. The normalized spacial score (nSPS) is 11.8. The molecule has 0 spiro atoms. The van der Waals surface area contributed by atoms with E-state index in [-0.39, 0.29) is 22.8 Å². The molecular weight excluding hydrogens is 483 g/mol. The van der Waals surface area contributed by atoms with Gasteiger partial charge in [-0.2, -0.15) is 5.10 Å². The summed E-state index contributed by atoms with van der Waals surface area (Å²) in [6.07, 6.45) is -0.226. The Balaban J connectivity index is 1.71. The molecule has 0 fully saturated rings. The Bertz CT molecular complexity index is 1530. The van der Waals surface area contributed by atoms with Crippen molar-refractivity contribution in [2.75, 3.05) is 5.32 Å². The van der Waals surface area contributed by atoms with Crippen LogP contribution in [0, 0.1) is 12.3 Å². The Hall–Kier alpha value is -4.73. The van der Waals surface area contributed by atoms with Gasteiger partial charge in [-0.15, -0.1) is 13.2 Å². The Kier molecular flexibility index (Phi) is 7.19. The van der Waals surface area contributed by atoms with Gasteiger partial charge in [0.05, 0.1) is 17.1 Å². The maximum absolute atomic E-state index is 12.8. The molecule has 0 unspecified atom stereocenters. The zero-order valence-corrected chi connectivity index (χ0v) is 19.9. The maximum atomic E-state index is 12.8. The third-order valence-corrected chi connectivity index (χ3v) is 5.18. The van der Waals surface area contributed by atoms with E-state index in [0.29, 0.717) is 5.69 Å². The highest BCUT2D eigenvalue weighted by Crippen LogP contribution is 2.27. The smallest absolute Gasteiger partial charge is 0.406 e. The van der Waals surface area contributed by atoms with E-state index in [9.17, 15) is 18.0 Å². The number of anilines is 1. The van der Waals surface area contributed by atoms with Gasteiger partial charge in [0.25, 0.3) is 0 Å². The largest absolute Gasteiger partial charge is 0.573 e. The summed E-state index contributed by atoms with van der Waals surface area (Å²) in [5.41, 5.74) is 3.38. The van der Waals surface area contributed by atoms with Crippen LogP contribution in [0.5, 0.6) is 5.75 Å². The van der Waals surface area contributed by atoms with Gasteiger partial charge in [-0.1, -0.05) is 18.2 Å². The van der Waals surface area contributed by atoms with Crippen molar-refractivity contribution in [3.05, 3.63) is 107 Å². The average Bonchev–Trinajstić information content (AvgIpc) is 2.83. The van der Waals surface area contributed by atoms with E-state index in [0.717, 1.165) is 29.0 Å². The van der Waals surface area contributed by atoms with Crippen molar-refractivity contribution >= 4 is 17.1 Å². The quantitative estimate of drug-likeness (QED) is 0.301. The Morgan fingerprint density at radius 1 is 1.08 bits per heavy atom. The molecule has 10 heteroatoms. The second kappa shape index (κ2) is 10.5. The third kappa shape index (κ3) is 6.49. The number of hydrogen-bond acceptors (Lipinski definition) is 6. The number of nitrogens with one attached hydrogen (secondary N) is 2. The molecule has 7 nitrogen and oxygen atoms in total. The molecule has 0 aliphatic heterocycles. The Morgan fingerprint density at radius 3 is 2.57 bits per heavy atom. The van der Waals surface area contributed by atoms with Crippen LogP contribution in [0.1, 0.15) is 18.2 Å². The second-order valence-corrected chi connectivity index (χ2v) is 8.13. The number of allylic oxidation sites excluding steroid dienone is 1. The van der Waals surface area contributed by atoms with Crippen molar-refractivity contribution < 1.29 is 17.9 Å². The minimum atomic E-state index is -4.85. The van der Waals surface area contributed by atoms with Crippen LogP contribution >= 0.6 is 0 Å². The van der Waals surface area contributed by atoms with Crippen molar-refractivity contribution in [3.8, 4) is 22.7 Å². The van der Waals surface area contributed by atoms with Crippen molar-refractivity contribution in [1.82, 2.24) is 14.8 Å². The van der Waals surface area contributed by atoms with Crippen molar-refractivity contribution in [2.45, 2.75) is 20.2 Å². The number of nitrogens with zero attached hydrogens (tertiary/aromatic N) is 3. The SMILES string of the molecule is CC(=N)/C=C(\Nc1cccc(OC(F)(F)F)c1)c1nn(-c2ccc(-c3ccccn3)cc2C)ccc1=O. The summed E-state index contributed by atoms with van der Waals surface area (Å²) in [7, 11) is 0. The topological polar surface area (TPSA) is 92.9 Å². The summed E-state index contributed by atoms with van der Waals surface area (Å²) in [5.74, 6) is -0.425. The fourth-order valence-electron chi connectivity index (χ4n) is 3.64. The van der Waals surface area contributed by atoms with Crippen LogP contribution in [0.4, 0.5) is 18.9 Å². The molecule has 0 amide bonds. The first kappa shape index (κ1) is 25.4. The van der Waals surface area contributed by atoms with Gasteiger partial charge in [0.1, 0.15) is 5.75 Å². The van der Waals surface area contributed by atoms with Gasteiger partial charge >= 0.3 is 6.36 Å². The summed E-state index contributed by atoms with van der Waals surface area (Å²) in [4.78, 5) is 17.1. The predicted octanol–water partition coefficient (Wildman–Crippen LogP) is 5.99. The maximum Gasteiger partial charge on any atom is 0.573 e. The van der Waals surface area contributed by atoms with E-state index in [1.807, 2.05) is 43.3 Å². The first-order valence-electron chi connectivity index (χ1n) is 11.1. The van der Waals surface area contributed by atoms with Crippen LogP contribution < -0.4 is 15.5 Å². The number of ether oxygens (including phenoxy) is 1. The number of alkyl halides is 3. The molecule has 4 rings (SSSR count). The second-order valence-electron chi connectivity index (χ2n) is 8.13. The number of benzene rings is 2. The van der Waals surface area contributed by atoms with Gasteiger partial charge in [0.15, 0.2) is 5.69 Å². The molecule has 0 radical (unpaired) electrons. The molecule has 2 N–H and O–H groups in total. The van der Waals surface area contributed by atoms with Crippen LogP contribution in [0.2, 0.25) is 0 Å². The molecule has 2 heterocycles. The van der Waals surface area contributed by atoms with Gasteiger partial charge < -0.3 is 15.5 Å². The monoisotopic (exact) mass is 505 g/mol. The van der Waals surface area contributed by atoms with Crippen LogP contribution in [0.25, 0.3) is 22.6 Å². The van der Waals surface area contributed by atoms with E-state index in [4.69, 9.17) is 5.41 Å². The van der Waals surface area contributed by atoms with Crippen LogP contribution in [-0.2, 0) is 0 Å². The van der Waals surface area contributed by atoms with E-state index in [1.165, 1.54) is 42.1 Å². The summed E-state index contributed by atoms with van der Waals surface area (Å²) in [6, 6.07) is 17.9. The summed E-state index contributed by atoms with van der Waals surface area (Å²) in [6.45, 7) is 3.41. The third-order valence-electron chi connectivity index (χ3n) is 5.18. The molecule has 2 aromatic heterocycles. The zero-order chi connectivity index (χ0) is 26.6. The van der Waals surface area contributed by atoms with Crippen LogP contribution in [0.3, 0.4) is 0 Å². The molecule has 4 aromatic rings. The lowest BCUT2D eigenvalue weighted by atomic mass is 10.1. The minimum absolute atomic E-state index is 0.00977. The highest BCUT2D eigenvalue weighted by molar-refractivity contribution is 5.98. The fraction of sp³-hybridized carbons (Fsp3) is 0.111. The molecule has 0 aliphatic carbocycles. The van der Waals surface area contributed by atoms with Gasteiger partial charge in [0.2, 0.25) is 5.43 Å². The van der Waals surface area contributed by atoms with Gasteiger partial charge in [-0.25, -0.2) is 4.68 Å². The first-order valence-corrected chi connectivity index (χ1v) is 11.1. The molecule has 0 atom stereocenters. The highest BCUT2D eigenvalue weighted by atomic mass is 19.4. The summed E-state index contributed by atoms with van der Waals surface area (Å²) >= 11 is 0. The number of aromatic nitrogens is 3. The van der Waals surface area contributed by atoms with E-state index in [2.05, 4.69) is 20.1 Å². The molecule has 0 saturated carbocycles. The fourth-order valence-corrected chi connectivity index (χ4v) is 3.64. The molecule has 188 valence electrons. The number of hydrogen-bond donors (Lipinski definition) is 2. The molecule has 37 heavy (non-hydrogen) atoms. The van der Waals surface area contributed by atoms with E-state index >= 15 is 0 Å². The lowest BCUT2D eigenvalue weighted by Crippen LogP contribution is -2.19. The van der Waals surface area contributed by atoms with Gasteiger partial charge in [-0.3, -0.25) is 9.78 Å².